The topological polar surface area (TPSA) is 85.3 Å². The predicted octanol–water partition coefficient (Wildman–Crippen LogP) is 5.51. The number of amides is 1. The van der Waals surface area contributed by atoms with E-state index in [1.54, 1.807) is 60.7 Å². The number of aliphatic hydroxyl groups excluding tert-OH is 1. The van der Waals surface area contributed by atoms with Gasteiger partial charge in [-0.2, -0.15) is 0 Å². The number of ether oxygens (including phenoxy) is 3. The molecule has 1 heterocycles. The molecular formula is C31H32FNO6. The second kappa shape index (κ2) is 12.6. The lowest BCUT2D eigenvalue weighted by Crippen LogP contribution is -2.32. The highest BCUT2D eigenvalue weighted by molar-refractivity contribution is 6.46. The molecule has 0 bridgehead atoms. The Balaban J connectivity index is 1.62. The molecule has 4 rings (SSSR count). The summed E-state index contributed by atoms with van der Waals surface area (Å²) in [4.78, 5) is 27.6. The van der Waals surface area contributed by atoms with E-state index in [-0.39, 0.29) is 36.9 Å². The first-order chi connectivity index (χ1) is 18.8. The number of likely N-dealkylation sites (tertiary alicyclic amines) is 1. The highest BCUT2D eigenvalue weighted by atomic mass is 19.1. The van der Waals surface area contributed by atoms with Gasteiger partial charge in [0.25, 0.3) is 11.7 Å². The number of carbonyl (C=O) groups is 2. The minimum absolute atomic E-state index is 0.00642. The van der Waals surface area contributed by atoms with Crippen LogP contribution in [0, 0.1) is 11.7 Å². The van der Waals surface area contributed by atoms with Gasteiger partial charge >= 0.3 is 0 Å². The van der Waals surface area contributed by atoms with Crippen LogP contribution in [-0.2, 0) is 20.9 Å². The van der Waals surface area contributed by atoms with E-state index >= 15 is 0 Å². The van der Waals surface area contributed by atoms with Crippen LogP contribution < -0.4 is 9.47 Å². The molecule has 0 saturated carbocycles. The number of ketones is 1. The summed E-state index contributed by atoms with van der Waals surface area (Å²) < 4.78 is 29.8. The van der Waals surface area contributed by atoms with E-state index in [1.165, 1.54) is 24.1 Å². The van der Waals surface area contributed by atoms with E-state index in [1.807, 2.05) is 13.8 Å². The molecule has 204 valence electrons. The molecule has 1 saturated heterocycles. The normalized spacial score (nSPS) is 16.6. The van der Waals surface area contributed by atoms with Crippen molar-refractivity contribution in [2.24, 2.45) is 5.92 Å². The van der Waals surface area contributed by atoms with Gasteiger partial charge in [0.05, 0.1) is 24.8 Å². The van der Waals surface area contributed by atoms with Gasteiger partial charge in [-0.3, -0.25) is 9.59 Å². The van der Waals surface area contributed by atoms with E-state index in [0.717, 1.165) is 5.56 Å². The number of rotatable bonds is 11. The first-order valence-corrected chi connectivity index (χ1v) is 12.8. The first kappa shape index (κ1) is 27.9. The Morgan fingerprint density at radius 3 is 2.15 bits per heavy atom. The van der Waals surface area contributed by atoms with Crippen LogP contribution >= 0.6 is 0 Å². The van der Waals surface area contributed by atoms with E-state index in [2.05, 4.69) is 0 Å². The number of aliphatic hydroxyl groups is 1. The summed E-state index contributed by atoms with van der Waals surface area (Å²) in [5.74, 6) is -0.463. The summed E-state index contributed by atoms with van der Waals surface area (Å²) >= 11 is 0. The second-order valence-corrected chi connectivity index (χ2v) is 9.70. The predicted molar refractivity (Wildman–Crippen MR) is 145 cm³/mol. The molecule has 1 aliphatic heterocycles. The number of halogens is 1. The molecule has 1 fully saturated rings. The molecule has 3 aromatic rings. The largest absolute Gasteiger partial charge is 0.507 e. The van der Waals surface area contributed by atoms with Crippen molar-refractivity contribution >= 4 is 17.4 Å². The van der Waals surface area contributed by atoms with Crippen molar-refractivity contribution in [1.29, 1.82) is 0 Å². The van der Waals surface area contributed by atoms with Crippen LogP contribution in [0.15, 0.2) is 78.4 Å². The van der Waals surface area contributed by atoms with Crippen LogP contribution in [0.4, 0.5) is 4.39 Å². The van der Waals surface area contributed by atoms with Gasteiger partial charge in [-0.1, -0.05) is 38.1 Å². The highest BCUT2D eigenvalue weighted by Crippen LogP contribution is 2.40. The van der Waals surface area contributed by atoms with Gasteiger partial charge in [-0.05, 0) is 65.6 Å². The van der Waals surface area contributed by atoms with Gasteiger partial charge in [0.15, 0.2) is 0 Å². The fourth-order valence-corrected chi connectivity index (χ4v) is 4.27. The van der Waals surface area contributed by atoms with Gasteiger partial charge in [-0.15, -0.1) is 0 Å². The molecule has 0 aliphatic carbocycles. The summed E-state index contributed by atoms with van der Waals surface area (Å²) in [6.07, 6.45) is 0. The molecule has 39 heavy (non-hydrogen) atoms. The third-order valence-electron chi connectivity index (χ3n) is 6.30. The smallest absolute Gasteiger partial charge is 0.295 e. The molecule has 8 heteroatoms. The van der Waals surface area contributed by atoms with Crippen molar-refractivity contribution in [3.05, 3.63) is 101 Å². The molecule has 3 aromatic carbocycles. The van der Waals surface area contributed by atoms with E-state index < -0.39 is 17.7 Å². The van der Waals surface area contributed by atoms with Crippen LogP contribution in [0.5, 0.6) is 11.5 Å². The van der Waals surface area contributed by atoms with Gasteiger partial charge in [-0.25, -0.2) is 4.39 Å². The Bertz CT molecular complexity index is 1320. The maximum absolute atomic E-state index is 13.2. The molecule has 1 aliphatic rings. The number of carbonyl (C=O) groups excluding carboxylic acids is 2. The fourth-order valence-electron chi connectivity index (χ4n) is 4.27. The quantitative estimate of drug-likeness (QED) is 0.199. The molecule has 1 atom stereocenters. The lowest BCUT2D eigenvalue weighted by molar-refractivity contribution is -0.140. The summed E-state index contributed by atoms with van der Waals surface area (Å²) in [6, 6.07) is 19.0. The minimum atomic E-state index is -0.803. The molecule has 0 radical (unpaired) electrons. The molecule has 0 spiro atoms. The summed E-state index contributed by atoms with van der Waals surface area (Å²) in [5.41, 5.74) is 1.86. The standard InChI is InChI=1S/C31H32FNO6/c1-20(2)18-38-25-14-8-23(9-15-25)29(34)27-28(33(16-17-37-3)31(36)30(27)35)22-6-12-26(13-7-22)39-19-21-4-10-24(32)11-5-21/h4-15,20,28,34H,16-19H2,1-3H3/b29-27-. The summed E-state index contributed by atoms with van der Waals surface area (Å²) in [5, 5.41) is 11.2. The third-order valence-corrected chi connectivity index (χ3v) is 6.30. The zero-order chi connectivity index (χ0) is 27.9. The average molecular weight is 534 g/mol. The fraction of sp³-hybridized carbons (Fsp3) is 0.290. The minimum Gasteiger partial charge on any atom is -0.507 e. The Morgan fingerprint density at radius 2 is 1.54 bits per heavy atom. The van der Waals surface area contributed by atoms with E-state index in [9.17, 15) is 19.1 Å². The number of hydrogen-bond acceptors (Lipinski definition) is 6. The van der Waals surface area contributed by atoms with Gasteiger partial charge < -0.3 is 24.2 Å². The Labute approximate surface area is 227 Å². The Kier molecular flexibility index (Phi) is 8.99. The number of Topliss-reactive ketones (excluding diaryl/α,β-unsaturated/α-hetero) is 1. The number of hydrogen-bond donors (Lipinski definition) is 1. The Hall–Kier alpha value is -4.17. The zero-order valence-electron chi connectivity index (χ0n) is 22.2. The number of benzene rings is 3. The summed E-state index contributed by atoms with van der Waals surface area (Å²) in [7, 11) is 1.52. The van der Waals surface area contributed by atoms with Gasteiger partial charge in [0.1, 0.15) is 29.7 Å². The zero-order valence-corrected chi connectivity index (χ0v) is 22.2. The van der Waals surface area contributed by atoms with Crippen LogP contribution in [0.2, 0.25) is 0 Å². The molecular weight excluding hydrogens is 501 g/mol. The second-order valence-electron chi connectivity index (χ2n) is 9.70. The van der Waals surface area contributed by atoms with Crippen LogP contribution in [0.3, 0.4) is 0 Å². The first-order valence-electron chi connectivity index (χ1n) is 12.8. The SMILES string of the molecule is COCCN1C(=O)C(=O)/C(=C(\O)c2ccc(OCC(C)C)cc2)C1c1ccc(OCc2ccc(F)cc2)cc1. The van der Waals surface area contributed by atoms with Gasteiger partial charge in [0, 0.05) is 19.2 Å². The van der Waals surface area contributed by atoms with Crippen LogP contribution in [0.1, 0.15) is 36.6 Å². The van der Waals surface area contributed by atoms with Crippen molar-refractivity contribution in [2.45, 2.75) is 26.5 Å². The monoisotopic (exact) mass is 533 g/mol. The van der Waals surface area contributed by atoms with Crippen molar-refractivity contribution in [3.63, 3.8) is 0 Å². The highest BCUT2D eigenvalue weighted by Gasteiger charge is 2.45. The molecule has 1 N–H and O–H groups in total. The van der Waals surface area contributed by atoms with Gasteiger partial charge in [0.2, 0.25) is 0 Å². The van der Waals surface area contributed by atoms with Crippen LogP contribution in [-0.4, -0.2) is 48.6 Å². The third kappa shape index (κ3) is 6.64. The average Bonchev–Trinajstić information content (AvgIpc) is 3.19. The van der Waals surface area contributed by atoms with Crippen LogP contribution in [0.25, 0.3) is 5.76 Å². The molecule has 0 aromatic heterocycles. The number of methoxy groups -OCH3 is 1. The van der Waals surface area contributed by atoms with Crippen molar-refractivity contribution in [2.75, 3.05) is 26.9 Å². The molecule has 7 nitrogen and oxygen atoms in total. The molecule has 1 unspecified atom stereocenters. The number of nitrogens with zero attached hydrogens (tertiary/aromatic N) is 1. The van der Waals surface area contributed by atoms with Crippen molar-refractivity contribution < 1.29 is 33.3 Å². The summed E-state index contributed by atoms with van der Waals surface area (Å²) in [6.45, 7) is 5.31. The van der Waals surface area contributed by atoms with E-state index in [0.29, 0.717) is 35.2 Å². The van der Waals surface area contributed by atoms with Crippen molar-refractivity contribution in [1.82, 2.24) is 4.90 Å². The maximum atomic E-state index is 13.2. The van der Waals surface area contributed by atoms with Crippen molar-refractivity contribution in [3.8, 4) is 11.5 Å². The van der Waals surface area contributed by atoms with E-state index in [4.69, 9.17) is 14.2 Å². The lowest BCUT2D eigenvalue weighted by Gasteiger charge is -2.25. The lowest BCUT2D eigenvalue weighted by atomic mass is 9.95. The maximum Gasteiger partial charge on any atom is 0.295 e. The Morgan fingerprint density at radius 1 is 0.923 bits per heavy atom. The molecule has 1 amide bonds.